The summed E-state index contributed by atoms with van der Waals surface area (Å²) in [4.78, 5) is 29.9. The summed E-state index contributed by atoms with van der Waals surface area (Å²) in [5.41, 5.74) is 1.72. The third-order valence-electron chi connectivity index (χ3n) is 4.42. The molecule has 0 aliphatic rings. The quantitative estimate of drug-likeness (QED) is 0.554. The fourth-order valence-corrected chi connectivity index (χ4v) is 3.74. The third kappa shape index (κ3) is 3.32. The van der Waals surface area contributed by atoms with Crippen molar-refractivity contribution < 1.29 is 9.18 Å². The van der Waals surface area contributed by atoms with Crippen molar-refractivity contribution in [2.45, 2.75) is 13.5 Å². The monoisotopic (exact) mass is 393 g/mol. The summed E-state index contributed by atoms with van der Waals surface area (Å²) in [5, 5.41) is 5.09. The van der Waals surface area contributed by atoms with Crippen LogP contribution in [0.5, 0.6) is 0 Å². The van der Waals surface area contributed by atoms with Crippen LogP contribution in [0.3, 0.4) is 0 Å². The van der Waals surface area contributed by atoms with Crippen LogP contribution in [0.1, 0.15) is 17.3 Å². The van der Waals surface area contributed by atoms with E-state index >= 15 is 0 Å². The number of hydrogen-bond acceptors (Lipinski definition) is 4. The highest BCUT2D eigenvalue weighted by atomic mass is 32.1. The Hall–Kier alpha value is -3.32. The highest BCUT2D eigenvalue weighted by Gasteiger charge is 2.17. The second-order valence-corrected chi connectivity index (χ2v) is 7.04. The fourth-order valence-electron chi connectivity index (χ4n) is 3.03. The molecule has 0 spiro atoms. The van der Waals surface area contributed by atoms with Crippen molar-refractivity contribution in [2.75, 3.05) is 5.32 Å². The van der Waals surface area contributed by atoms with Gasteiger partial charge in [-0.2, -0.15) is 0 Å². The first-order chi connectivity index (χ1) is 13.6. The number of rotatable bonds is 4. The zero-order valence-corrected chi connectivity index (χ0v) is 15.8. The molecule has 2 aromatic heterocycles. The van der Waals surface area contributed by atoms with Crippen LogP contribution in [-0.4, -0.2) is 15.5 Å². The SMILES string of the molecule is CCn1cc(C(=O)Nc2nc(-c3ccccc3)cs2)c(=O)c2cc(F)ccc21. The number of halogens is 1. The molecule has 0 fully saturated rings. The highest BCUT2D eigenvalue weighted by Crippen LogP contribution is 2.25. The van der Waals surface area contributed by atoms with E-state index in [4.69, 9.17) is 0 Å². The number of aryl methyl sites for hydroxylation is 1. The first-order valence-electron chi connectivity index (χ1n) is 8.72. The lowest BCUT2D eigenvalue weighted by molar-refractivity contribution is 0.102. The lowest BCUT2D eigenvalue weighted by Gasteiger charge is -2.11. The van der Waals surface area contributed by atoms with Gasteiger partial charge in [-0.25, -0.2) is 9.37 Å². The summed E-state index contributed by atoms with van der Waals surface area (Å²) >= 11 is 1.28. The Bertz CT molecular complexity index is 1230. The van der Waals surface area contributed by atoms with Crippen LogP contribution in [0.2, 0.25) is 0 Å². The summed E-state index contributed by atoms with van der Waals surface area (Å²) in [7, 11) is 0. The molecule has 0 aliphatic heterocycles. The number of pyridine rings is 1. The number of carbonyl (C=O) groups is 1. The van der Waals surface area contributed by atoms with Crippen molar-refractivity contribution in [3.63, 3.8) is 0 Å². The molecule has 2 aromatic carbocycles. The van der Waals surface area contributed by atoms with E-state index in [0.29, 0.717) is 17.2 Å². The second-order valence-electron chi connectivity index (χ2n) is 6.18. The molecule has 140 valence electrons. The number of anilines is 1. The Labute approximate surface area is 164 Å². The summed E-state index contributed by atoms with van der Waals surface area (Å²) in [6.45, 7) is 2.43. The molecule has 1 N–H and O–H groups in total. The molecule has 0 saturated heterocycles. The largest absolute Gasteiger partial charge is 0.347 e. The Morgan fingerprint density at radius 3 is 2.75 bits per heavy atom. The van der Waals surface area contributed by atoms with E-state index in [9.17, 15) is 14.0 Å². The number of aromatic nitrogens is 2. The van der Waals surface area contributed by atoms with Gasteiger partial charge in [0, 0.05) is 29.1 Å². The standard InChI is InChI=1S/C21H16FN3O2S/c1-2-25-11-16(19(26)15-10-14(22)8-9-18(15)25)20(27)24-21-23-17(12-28-21)13-6-4-3-5-7-13/h3-12H,2H2,1H3,(H,23,24,27). The zero-order valence-electron chi connectivity index (χ0n) is 15.0. The molecule has 0 radical (unpaired) electrons. The number of thiazole rings is 1. The topological polar surface area (TPSA) is 64.0 Å². The lowest BCUT2D eigenvalue weighted by Crippen LogP contribution is -2.24. The van der Waals surface area contributed by atoms with Crippen molar-refractivity contribution in [3.05, 3.63) is 81.7 Å². The molecule has 7 heteroatoms. The maximum absolute atomic E-state index is 13.6. The molecule has 0 atom stereocenters. The normalized spacial score (nSPS) is 10.9. The summed E-state index contributed by atoms with van der Waals surface area (Å²) in [6, 6.07) is 13.6. The second kappa shape index (κ2) is 7.36. The van der Waals surface area contributed by atoms with Gasteiger partial charge >= 0.3 is 0 Å². The van der Waals surface area contributed by atoms with Crippen LogP contribution < -0.4 is 10.7 Å². The summed E-state index contributed by atoms with van der Waals surface area (Å²) in [5.74, 6) is -1.08. The Kier molecular flexibility index (Phi) is 4.75. The van der Waals surface area contributed by atoms with E-state index in [0.717, 1.165) is 17.3 Å². The van der Waals surface area contributed by atoms with Crippen LogP contribution in [0.25, 0.3) is 22.2 Å². The van der Waals surface area contributed by atoms with Gasteiger partial charge < -0.3 is 4.57 Å². The van der Waals surface area contributed by atoms with Gasteiger partial charge in [0.1, 0.15) is 11.4 Å². The molecular weight excluding hydrogens is 377 g/mol. The van der Waals surface area contributed by atoms with E-state index < -0.39 is 17.2 Å². The van der Waals surface area contributed by atoms with E-state index in [1.54, 1.807) is 10.6 Å². The molecule has 1 amide bonds. The number of amides is 1. The highest BCUT2D eigenvalue weighted by molar-refractivity contribution is 7.14. The minimum atomic E-state index is -0.563. The Balaban J connectivity index is 1.69. The molecule has 4 rings (SSSR count). The van der Waals surface area contributed by atoms with Gasteiger partial charge in [0.05, 0.1) is 11.2 Å². The molecule has 2 heterocycles. The predicted molar refractivity (Wildman–Crippen MR) is 109 cm³/mol. The van der Waals surface area contributed by atoms with Gasteiger partial charge in [0.25, 0.3) is 5.91 Å². The first-order valence-corrected chi connectivity index (χ1v) is 9.60. The van der Waals surface area contributed by atoms with Gasteiger partial charge in [-0.3, -0.25) is 14.9 Å². The van der Waals surface area contributed by atoms with Gasteiger partial charge in [-0.1, -0.05) is 30.3 Å². The van der Waals surface area contributed by atoms with Gasteiger partial charge in [-0.15, -0.1) is 11.3 Å². The van der Waals surface area contributed by atoms with Gasteiger partial charge in [-0.05, 0) is 25.1 Å². The van der Waals surface area contributed by atoms with E-state index in [-0.39, 0.29) is 10.9 Å². The van der Waals surface area contributed by atoms with Gasteiger partial charge in [0.2, 0.25) is 5.43 Å². The molecule has 0 saturated carbocycles. The Morgan fingerprint density at radius 1 is 1.21 bits per heavy atom. The predicted octanol–water partition coefficient (Wildman–Crippen LogP) is 4.54. The third-order valence-corrected chi connectivity index (χ3v) is 5.18. The van der Waals surface area contributed by atoms with Crippen molar-refractivity contribution in [1.29, 1.82) is 0 Å². The van der Waals surface area contributed by atoms with E-state index in [1.165, 1.54) is 23.6 Å². The average Bonchev–Trinajstić information content (AvgIpc) is 3.17. The number of fused-ring (bicyclic) bond motifs is 1. The number of carbonyl (C=O) groups excluding carboxylic acids is 1. The smallest absolute Gasteiger partial charge is 0.262 e. The molecule has 0 bridgehead atoms. The van der Waals surface area contributed by atoms with E-state index in [2.05, 4.69) is 10.3 Å². The Morgan fingerprint density at radius 2 is 2.00 bits per heavy atom. The summed E-state index contributed by atoms with van der Waals surface area (Å²) in [6.07, 6.45) is 1.50. The van der Waals surface area contributed by atoms with E-state index in [1.807, 2.05) is 42.6 Å². The van der Waals surface area contributed by atoms with Crippen LogP contribution in [0, 0.1) is 5.82 Å². The molecule has 5 nitrogen and oxygen atoms in total. The lowest BCUT2D eigenvalue weighted by atomic mass is 10.1. The van der Waals surface area contributed by atoms with Crippen LogP contribution in [-0.2, 0) is 6.54 Å². The molecular formula is C21H16FN3O2S. The number of hydrogen-bond donors (Lipinski definition) is 1. The minimum absolute atomic E-state index is 0.0450. The average molecular weight is 393 g/mol. The number of benzene rings is 2. The van der Waals surface area contributed by atoms with Crippen molar-refractivity contribution in [1.82, 2.24) is 9.55 Å². The van der Waals surface area contributed by atoms with Crippen molar-refractivity contribution in [2.24, 2.45) is 0 Å². The minimum Gasteiger partial charge on any atom is -0.347 e. The van der Waals surface area contributed by atoms with Crippen LogP contribution in [0.15, 0.2) is 64.9 Å². The van der Waals surface area contributed by atoms with Gasteiger partial charge in [0.15, 0.2) is 5.13 Å². The van der Waals surface area contributed by atoms with Crippen molar-refractivity contribution in [3.8, 4) is 11.3 Å². The fraction of sp³-hybridized carbons (Fsp3) is 0.0952. The summed E-state index contributed by atoms with van der Waals surface area (Å²) < 4.78 is 15.4. The molecule has 4 aromatic rings. The molecule has 0 unspecified atom stereocenters. The van der Waals surface area contributed by atoms with Crippen LogP contribution >= 0.6 is 11.3 Å². The number of nitrogens with one attached hydrogen (secondary N) is 1. The van der Waals surface area contributed by atoms with Crippen molar-refractivity contribution >= 4 is 33.3 Å². The molecule has 0 aliphatic carbocycles. The zero-order chi connectivity index (χ0) is 19.7. The van der Waals surface area contributed by atoms with Crippen LogP contribution in [0.4, 0.5) is 9.52 Å². The maximum Gasteiger partial charge on any atom is 0.262 e. The number of nitrogens with zero attached hydrogens (tertiary/aromatic N) is 2. The maximum atomic E-state index is 13.6. The molecule has 28 heavy (non-hydrogen) atoms. The first kappa shape index (κ1) is 18.1.